The minimum atomic E-state index is -4.08. The van der Waals surface area contributed by atoms with Crippen LogP contribution in [-0.2, 0) is 14.8 Å². The molecule has 5 heterocycles. The molecule has 3 fully saturated rings. The van der Waals surface area contributed by atoms with Gasteiger partial charge in [0.15, 0.2) is 10.7 Å². The van der Waals surface area contributed by atoms with Crippen molar-refractivity contribution in [3.8, 4) is 11.2 Å². The zero-order valence-corrected chi connectivity index (χ0v) is 25.0. The van der Waals surface area contributed by atoms with Crippen molar-refractivity contribution in [2.24, 2.45) is 0 Å². The van der Waals surface area contributed by atoms with Crippen LogP contribution in [0.5, 0.6) is 0 Å². The zero-order valence-electron chi connectivity index (χ0n) is 23.3. The van der Waals surface area contributed by atoms with E-state index in [0.717, 1.165) is 5.69 Å². The molecule has 4 aromatic rings. The van der Waals surface area contributed by atoms with Crippen LogP contribution in [0.4, 0.5) is 13.6 Å². The molecule has 1 N–H and O–H groups in total. The number of sulfonamides is 1. The van der Waals surface area contributed by atoms with Crippen LogP contribution in [0, 0.1) is 11.3 Å². The number of nitriles is 1. The van der Waals surface area contributed by atoms with Gasteiger partial charge in [0.2, 0.25) is 15.2 Å². The number of hydrogen-bond acceptors (Lipinski definition) is 10. The molecule has 230 valence electrons. The third-order valence-electron chi connectivity index (χ3n) is 8.39. The minimum absolute atomic E-state index is 0.00554. The number of benzene rings is 1. The molecule has 2 aliphatic heterocycles. The summed E-state index contributed by atoms with van der Waals surface area (Å²) in [6, 6.07) is 6.55. The summed E-state index contributed by atoms with van der Waals surface area (Å²) in [4.78, 5) is 25.7. The van der Waals surface area contributed by atoms with Gasteiger partial charge in [0.05, 0.1) is 35.4 Å². The van der Waals surface area contributed by atoms with Crippen molar-refractivity contribution in [2.45, 2.75) is 48.5 Å². The van der Waals surface area contributed by atoms with Crippen LogP contribution >= 0.6 is 11.3 Å². The molecular weight excluding hydrogens is 616 g/mol. The molecule has 3 aliphatic rings. The molecule has 1 aromatic carbocycles. The lowest BCUT2D eigenvalue weighted by Gasteiger charge is -2.37. The Morgan fingerprint density at radius 3 is 2.50 bits per heavy atom. The van der Waals surface area contributed by atoms with E-state index in [1.165, 1.54) is 23.0 Å². The second kappa shape index (κ2) is 10.9. The SMILES string of the molecule is N#CC1(NS(=O)(=O)c2ccc3c4c(C5CCN(C(=O)N6CCOCC6)CC5)ncnc4n(-c4nnc(C(F)F)s4)c3c2)CC1. The van der Waals surface area contributed by atoms with Crippen LogP contribution in [0.15, 0.2) is 29.4 Å². The second-order valence-electron chi connectivity index (χ2n) is 11.1. The second-order valence-corrected chi connectivity index (χ2v) is 13.8. The number of amides is 2. The van der Waals surface area contributed by atoms with E-state index in [2.05, 4.69) is 24.9 Å². The Bertz CT molecular complexity index is 1910. The van der Waals surface area contributed by atoms with Gasteiger partial charge in [-0.2, -0.15) is 9.98 Å². The number of aromatic nitrogens is 5. The number of nitrogens with zero attached hydrogens (tertiary/aromatic N) is 8. The first-order valence-corrected chi connectivity index (χ1v) is 16.5. The third kappa shape index (κ3) is 5.05. The highest BCUT2D eigenvalue weighted by molar-refractivity contribution is 7.89. The molecular formula is C27H27F2N9O4S2. The Labute approximate surface area is 254 Å². The Morgan fingerprint density at radius 1 is 1.11 bits per heavy atom. The van der Waals surface area contributed by atoms with E-state index in [1.807, 2.05) is 11.0 Å². The summed E-state index contributed by atoms with van der Waals surface area (Å²) < 4.78 is 63.0. The van der Waals surface area contributed by atoms with Crippen LogP contribution < -0.4 is 4.72 Å². The van der Waals surface area contributed by atoms with E-state index in [1.54, 1.807) is 11.0 Å². The summed E-state index contributed by atoms with van der Waals surface area (Å²) in [5.41, 5.74) is 0.365. The van der Waals surface area contributed by atoms with Crippen molar-refractivity contribution in [2.75, 3.05) is 39.4 Å². The summed E-state index contributed by atoms with van der Waals surface area (Å²) in [7, 11) is -4.08. The molecule has 2 amide bonds. The van der Waals surface area contributed by atoms with E-state index in [-0.39, 0.29) is 22.0 Å². The highest BCUT2D eigenvalue weighted by atomic mass is 32.2. The van der Waals surface area contributed by atoms with Gasteiger partial charge in [-0.1, -0.05) is 17.4 Å². The van der Waals surface area contributed by atoms with Gasteiger partial charge in [-0.25, -0.2) is 32.0 Å². The van der Waals surface area contributed by atoms with Crippen molar-refractivity contribution < 1.29 is 26.7 Å². The van der Waals surface area contributed by atoms with E-state index in [0.29, 0.717) is 98.3 Å². The van der Waals surface area contributed by atoms with Gasteiger partial charge in [-0.3, -0.25) is 4.57 Å². The van der Waals surface area contributed by atoms with E-state index in [4.69, 9.17) is 4.74 Å². The van der Waals surface area contributed by atoms with Crippen molar-refractivity contribution in [3.63, 3.8) is 0 Å². The summed E-state index contributed by atoms with van der Waals surface area (Å²) in [6.45, 7) is 3.25. The summed E-state index contributed by atoms with van der Waals surface area (Å²) in [5, 5.41) is 18.0. The van der Waals surface area contributed by atoms with Gasteiger partial charge in [-0.15, -0.1) is 10.2 Å². The number of likely N-dealkylation sites (tertiary alicyclic amines) is 1. The van der Waals surface area contributed by atoms with Gasteiger partial charge < -0.3 is 14.5 Å². The van der Waals surface area contributed by atoms with Crippen LogP contribution in [-0.4, -0.2) is 93.9 Å². The van der Waals surface area contributed by atoms with Gasteiger partial charge in [0, 0.05) is 42.9 Å². The molecule has 1 saturated carbocycles. The smallest absolute Gasteiger partial charge is 0.320 e. The maximum Gasteiger partial charge on any atom is 0.320 e. The third-order valence-corrected chi connectivity index (χ3v) is 10.8. The molecule has 44 heavy (non-hydrogen) atoms. The Morgan fingerprint density at radius 2 is 1.84 bits per heavy atom. The molecule has 0 spiro atoms. The van der Waals surface area contributed by atoms with Crippen molar-refractivity contribution in [3.05, 3.63) is 35.2 Å². The zero-order chi connectivity index (χ0) is 30.6. The normalized spacial score (nSPS) is 19.1. The average molecular weight is 644 g/mol. The number of piperidine rings is 1. The number of rotatable bonds is 6. The molecule has 13 nitrogen and oxygen atoms in total. The van der Waals surface area contributed by atoms with Gasteiger partial charge in [-0.05, 0) is 37.8 Å². The molecule has 0 bridgehead atoms. The lowest BCUT2D eigenvalue weighted by atomic mass is 9.91. The van der Waals surface area contributed by atoms with Gasteiger partial charge >= 0.3 is 6.03 Å². The Balaban J connectivity index is 1.29. The fourth-order valence-corrected chi connectivity index (χ4v) is 8.00. The molecule has 17 heteroatoms. The lowest BCUT2D eigenvalue weighted by Crippen LogP contribution is -2.50. The monoisotopic (exact) mass is 643 g/mol. The van der Waals surface area contributed by atoms with E-state index < -0.39 is 27.0 Å². The number of carbonyl (C=O) groups is 1. The quantitative estimate of drug-likeness (QED) is 0.333. The molecule has 2 saturated heterocycles. The fourth-order valence-electron chi connectivity index (χ4n) is 5.89. The van der Waals surface area contributed by atoms with Crippen LogP contribution in [0.25, 0.3) is 27.1 Å². The predicted molar refractivity (Wildman–Crippen MR) is 154 cm³/mol. The first kappa shape index (κ1) is 28.9. The topological polar surface area (TPSA) is 159 Å². The van der Waals surface area contributed by atoms with Crippen LogP contribution in [0.1, 0.15) is 48.7 Å². The van der Waals surface area contributed by atoms with Crippen LogP contribution in [0.2, 0.25) is 0 Å². The Hall–Kier alpha value is -3.85. The number of urea groups is 1. The van der Waals surface area contributed by atoms with Gasteiger partial charge in [0.1, 0.15) is 11.9 Å². The molecule has 0 unspecified atom stereocenters. The number of hydrogen-bond donors (Lipinski definition) is 1. The summed E-state index contributed by atoms with van der Waals surface area (Å²) in [6.07, 6.45) is 0.706. The number of nitrogens with one attached hydrogen (secondary N) is 1. The Kier molecular flexibility index (Phi) is 7.19. The van der Waals surface area contributed by atoms with Crippen molar-refractivity contribution in [1.29, 1.82) is 5.26 Å². The van der Waals surface area contributed by atoms with Crippen LogP contribution in [0.3, 0.4) is 0 Å². The molecule has 7 rings (SSSR count). The highest BCUT2D eigenvalue weighted by Gasteiger charge is 2.47. The van der Waals surface area contributed by atoms with E-state index >= 15 is 0 Å². The number of ether oxygens (including phenoxy) is 1. The lowest BCUT2D eigenvalue weighted by molar-refractivity contribution is 0.0411. The standard InChI is InChI=1S/C27H27F2N9O4S2/c28-22(29)24-33-34-25(43-24)38-19-13-17(44(40,41)35-27(14-30)5-6-27)1-2-18(19)20-21(31-15-32-23(20)38)16-3-7-36(8-4-16)26(39)37-9-11-42-12-10-37/h1-2,13,15-16,22,35H,3-12H2. The maximum absolute atomic E-state index is 13.5. The number of fused-ring (bicyclic) bond motifs is 3. The average Bonchev–Trinajstić information content (AvgIpc) is 3.48. The predicted octanol–water partition coefficient (Wildman–Crippen LogP) is 3.33. The summed E-state index contributed by atoms with van der Waals surface area (Å²) in [5.74, 6) is -0.0326. The number of alkyl halides is 2. The van der Waals surface area contributed by atoms with Crippen molar-refractivity contribution >= 4 is 49.3 Å². The minimum Gasteiger partial charge on any atom is -0.378 e. The largest absolute Gasteiger partial charge is 0.378 e. The maximum atomic E-state index is 13.5. The first-order valence-electron chi connectivity index (χ1n) is 14.2. The number of carbonyl (C=O) groups excluding carboxylic acids is 1. The highest BCUT2D eigenvalue weighted by Crippen LogP contribution is 2.41. The fraction of sp³-hybridized carbons (Fsp3) is 0.481. The first-order chi connectivity index (χ1) is 21.2. The number of halogens is 2. The van der Waals surface area contributed by atoms with Crippen molar-refractivity contribution in [1.82, 2.24) is 39.3 Å². The molecule has 0 atom stereocenters. The molecule has 0 radical (unpaired) electrons. The summed E-state index contributed by atoms with van der Waals surface area (Å²) >= 11 is 0.688. The molecule has 1 aliphatic carbocycles. The molecule has 3 aromatic heterocycles. The van der Waals surface area contributed by atoms with E-state index in [9.17, 15) is 27.3 Å². The number of morpholine rings is 1. The van der Waals surface area contributed by atoms with Gasteiger partial charge in [0.25, 0.3) is 6.43 Å².